The van der Waals surface area contributed by atoms with Gasteiger partial charge in [0, 0.05) is 6.61 Å². The van der Waals surface area contributed by atoms with E-state index in [1.165, 1.54) is 0 Å². The molecular weight excluding hydrogens is 144 g/mol. The first-order chi connectivity index (χ1) is 5.19. The van der Waals surface area contributed by atoms with E-state index in [0.29, 0.717) is 25.7 Å². The second-order valence-electron chi connectivity index (χ2n) is 3.34. The Labute approximate surface area is 66.7 Å². The van der Waals surface area contributed by atoms with Crippen LogP contribution >= 0.6 is 0 Å². The highest BCUT2D eigenvalue weighted by Gasteiger charge is 2.39. The van der Waals surface area contributed by atoms with Gasteiger partial charge in [-0.25, -0.2) is 0 Å². The van der Waals surface area contributed by atoms with Gasteiger partial charge in [-0.1, -0.05) is 0 Å². The van der Waals surface area contributed by atoms with Crippen LogP contribution in [0.3, 0.4) is 0 Å². The van der Waals surface area contributed by atoms with Crippen LogP contribution < -0.4 is 0 Å². The molecule has 3 heteroatoms. The molecule has 66 valence electrons. The summed E-state index contributed by atoms with van der Waals surface area (Å²) in [7, 11) is 0. The maximum absolute atomic E-state index is 9.73. The summed E-state index contributed by atoms with van der Waals surface area (Å²) < 4.78 is 0. The highest BCUT2D eigenvalue weighted by atomic mass is 16.3. The van der Waals surface area contributed by atoms with Crippen LogP contribution in [0.15, 0.2) is 0 Å². The number of hydrogen-bond donors (Lipinski definition) is 3. The molecule has 0 aromatic heterocycles. The number of aliphatic hydroxyl groups is 3. The SMILES string of the molecule is OCCCC1(O)CCCC1O. The van der Waals surface area contributed by atoms with E-state index in [0.717, 1.165) is 6.42 Å². The Bertz CT molecular complexity index is 127. The van der Waals surface area contributed by atoms with Crippen molar-refractivity contribution < 1.29 is 15.3 Å². The Hall–Kier alpha value is -0.120. The predicted octanol–water partition coefficient (Wildman–Crippen LogP) is 0.0348. The zero-order valence-corrected chi connectivity index (χ0v) is 6.66. The first-order valence-electron chi connectivity index (χ1n) is 4.20. The van der Waals surface area contributed by atoms with E-state index in [1.807, 2.05) is 0 Å². The lowest BCUT2D eigenvalue weighted by molar-refractivity contribution is -0.0613. The van der Waals surface area contributed by atoms with Crippen molar-refractivity contribution in [2.24, 2.45) is 0 Å². The van der Waals surface area contributed by atoms with E-state index >= 15 is 0 Å². The molecular formula is C8H16O3. The number of hydrogen-bond acceptors (Lipinski definition) is 3. The number of rotatable bonds is 3. The molecule has 0 saturated heterocycles. The molecule has 0 spiro atoms. The molecule has 0 aromatic rings. The van der Waals surface area contributed by atoms with Gasteiger partial charge in [0.25, 0.3) is 0 Å². The van der Waals surface area contributed by atoms with Crippen LogP contribution in [0.4, 0.5) is 0 Å². The fourth-order valence-electron chi connectivity index (χ4n) is 1.71. The normalized spacial score (nSPS) is 37.9. The third-order valence-corrected chi connectivity index (χ3v) is 2.48. The Kier molecular flexibility index (Phi) is 2.87. The monoisotopic (exact) mass is 160 g/mol. The molecule has 1 rings (SSSR count). The van der Waals surface area contributed by atoms with Gasteiger partial charge >= 0.3 is 0 Å². The summed E-state index contributed by atoms with van der Waals surface area (Å²) in [6, 6.07) is 0. The van der Waals surface area contributed by atoms with Crippen molar-refractivity contribution in [1.82, 2.24) is 0 Å². The van der Waals surface area contributed by atoms with Crippen LogP contribution in [-0.2, 0) is 0 Å². The van der Waals surface area contributed by atoms with E-state index in [-0.39, 0.29) is 6.61 Å². The lowest BCUT2D eigenvalue weighted by Gasteiger charge is -2.25. The third kappa shape index (κ3) is 1.92. The van der Waals surface area contributed by atoms with E-state index in [4.69, 9.17) is 5.11 Å². The van der Waals surface area contributed by atoms with Gasteiger partial charge in [-0.15, -0.1) is 0 Å². The van der Waals surface area contributed by atoms with Gasteiger partial charge in [0.05, 0.1) is 11.7 Å². The Morgan fingerprint density at radius 1 is 1.45 bits per heavy atom. The van der Waals surface area contributed by atoms with Gasteiger partial charge in [0.2, 0.25) is 0 Å². The van der Waals surface area contributed by atoms with Crippen molar-refractivity contribution in [3.8, 4) is 0 Å². The molecule has 0 radical (unpaired) electrons. The van der Waals surface area contributed by atoms with Gasteiger partial charge in [0.1, 0.15) is 0 Å². The minimum absolute atomic E-state index is 0.0923. The van der Waals surface area contributed by atoms with Gasteiger partial charge in [-0.05, 0) is 32.1 Å². The molecule has 0 bridgehead atoms. The van der Waals surface area contributed by atoms with Crippen LogP contribution in [0.2, 0.25) is 0 Å². The highest BCUT2D eigenvalue weighted by Crippen LogP contribution is 2.33. The van der Waals surface area contributed by atoms with E-state index < -0.39 is 11.7 Å². The maximum atomic E-state index is 9.73. The average Bonchev–Trinajstić information content (AvgIpc) is 2.30. The van der Waals surface area contributed by atoms with Crippen molar-refractivity contribution in [3.05, 3.63) is 0 Å². The third-order valence-electron chi connectivity index (χ3n) is 2.48. The zero-order valence-electron chi connectivity index (χ0n) is 6.66. The molecule has 2 unspecified atom stereocenters. The first-order valence-corrected chi connectivity index (χ1v) is 4.20. The van der Waals surface area contributed by atoms with Gasteiger partial charge in [0.15, 0.2) is 0 Å². The predicted molar refractivity (Wildman–Crippen MR) is 41.1 cm³/mol. The minimum atomic E-state index is -0.900. The lowest BCUT2D eigenvalue weighted by Crippen LogP contribution is -2.37. The Morgan fingerprint density at radius 2 is 2.18 bits per heavy atom. The molecule has 0 aliphatic heterocycles. The standard InChI is InChI=1S/C8H16O3/c9-6-2-5-8(11)4-1-3-7(8)10/h7,9-11H,1-6H2. The summed E-state index contributed by atoms with van der Waals surface area (Å²) in [6.45, 7) is 0.0923. The topological polar surface area (TPSA) is 60.7 Å². The molecule has 3 N–H and O–H groups in total. The first kappa shape index (κ1) is 8.97. The second-order valence-corrected chi connectivity index (χ2v) is 3.34. The van der Waals surface area contributed by atoms with Crippen molar-refractivity contribution in [2.45, 2.75) is 43.8 Å². The zero-order chi connectivity index (χ0) is 8.32. The van der Waals surface area contributed by atoms with Crippen molar-refractivity contribution in [2.75, 3.05) is 6.61 Å². The molecule has 0 aromatic carbocycles. The molecule has 1 aliphatic carbocycles. The molecule has 0 amide bonds. The van der Waals surface area contributed by atoms with Crippen LogP contribution in [0.5, 0.6) is 0 Å². The lowest BCUT2D eigenvalue weighted by atomic mass is 9.94. The largest absolute Gasteiger partial charge is 0.396 e. The highest BCUT2D eigenvalue weighted by molar-refractivity contribution is 4.91. The summed E-state index contributed by atoms with van der Waals surface area (Å²) in [4.78, 5) is 0. The minimum Gasteiger partial charge on any atom is -0.396 e. The Morgan fingerprint density at radius 3 is 2.64 bits per heavy atom. The van der Waals surface area contributed by atoms with Crippen molar-refractivity contribution in [1.29, 1.82) is 0 Å². The van der Waals surface area contributed by atoms with Crippen LogP contribution in [-0.4, -0.2) is 33.6 Å². The summed E-state index contributed by atoms with van der Waals surface area (Å²) in [5, 5.41) is 27.6. The molecule has 2 atom stereocenters. The van der Waals surface area contributed by atoms with Gasteiger partial charge in [-0.2, -0.15) is 0 Å². The summed E-state index contributed by atoms with van der Waals surface area (Å²) >= 11 is 0. The summed E-state index contributed by atoms with van der Waals surface area (Å²) in [5.41, 5.74) is -0.900. The van der Waals surface area contributed by atoms with Gasteiger partial charge in [-0.3, -0.25) is 0 Å². The Balaban J connectivity index is 2.38. The molecule has 0 heterocycles. The summed E-state index contributed by atoms with van der Waals surface area (Å²) in [6.07, 6.45) is 2.78. The van der Waals surface area contributed by atoms with Gasteiger partial charge < -0.3 is 15.3 Å². The van der Waals surface area contributed by atoms with Crippen LogP contribution in [0, 0.1) is 0 Å². The van der Waals surface area contributed by atoms with E-state index in [2.05, 4.69) is 0 Å². The maximum Gasteiger partial charge on any atom is 0.0906 e. The smallest absolute Gasteiger partial charge is 0.0906 e. The molecule has 1 aliphatic rings. The fraction of sp³-hybridized carbons (Fsp3) is 1.00. The molecule has 3 nitrogen and oxygen atoms in total. The molecule has 11 heavy (non-hydrogen) atoms. The van der Waals surface area contributed by atoms with Crippen molar-refractivity contribution >= 4 is 0 Å². The fourth-order valence-corrected chi connectivity index (χ4v) is 1.71. The number of aliphatic hydroxyl groups excluding tert-OH is 2. The quantitative estimate of drug-likeness (QED) is 0.546. The van der Waals surface area contributed by atoms with Crippen LogP contribution in [0.25, 0.3) is 0 Å². The summed E-state index contributed by atoms with van der Waals surface area (Å²) in [5.74, 6) is 0. The van der Waals surface area contributed by atoms with E-state index in [1.54, 1.807) is 0 Å². The second kappa shape index (κ2) is 3.52. The molecule has 1 fully saturated rings. The average molecular weight is 160 g/mol. The van der Waals surface area contributed by atoms with E-state index in [9.17, 15) is 10.2 Å². The van der Waals surface area contributed by atoms with Crippen LogP contribution in [0.1, 0.15) is 32.1 Å². The van der Waals surface area contributed by atoms with Crippen molar-refractivity contribution in [3.63, 3.8) is 0 Å². The molecule has 1 saturated carbocycles.